The number of carbonyl (C=O) groups excluding carboxylic acids is 1. The third kappa shape index (κ3) is 5.70. The van der Waals surface area contributed by atoms with Gasteiger partial charge in [0, 0.05) is 29.1 Å². The third-order valence-electron chi connectivity index (χ3n) is 6.11. The molecule has 1 aliphatic heterocycles. The molecule has 2 aromatic rings. The largest absolute Gasteiger partial charge is 0.494 e. The molecule has 1 atom stereocenters. The number of nitrogens with one attached hydrogen (secondary N) is 1. The maximum Gasteiger partial charge on any atom is 0.253 e. The van der Waals surface area contributed by atoms with Crippen molar-refractivity contribution in [2.45, 2.75) is 56.4 Å². The summed E-state index contributed by atoms with van der Waals surface area (Å²) >= 11 is 6.10. The molecular weight excluding hydrogens is 448 g/mol. The van der Waals surface area contributed by atoms with Gasteiger partial charge in [-0.1, -0.05) is 17.7 Å². The second-order valence-electron chi connectivity index (χ2n) is 8.65. The SMILES string of the molecule is Cc1ccc(S(=O)(=O)NN2CCCC2CCCOc2ccc(C(=O)C3CC3)cc2)cc1Cl. The molecule has 0 aromatic heterocycles. The van der Waals surface area contributed by atoms with Gasteiger partial charge in [0.1, 0.15) is 5.75 Å². The van der Waals surface area contributed by atoms with E-state index in [-0.39, 0.29) is 22.6 Å². The Kier molecular flexibility index (Phi) is 7.20. The van der Waals surface area contributed by atoms with Crippen LogP contribution >= 0.6 is 11.6 Å². The summed E-state index contributed by atoms with van der Waals surface area (Å²) in [5.41, 5.74) is 1.59. The predicted molar refractivity (Wildman–Crippen MR) is 124 cm³/mol. The summed E-state index contributed by atoms with van der Waals surface area (Å²) < 4.78 is 31.4. The van der Waals surface area contributed by atoms with Crippen LogP contribution in [0.15, 0.2) is 47.4 Å². The van der Waals surface area contributed by atoms with Crippen LogP contribution in [0.25, 0.3) is 0 Å². The van der Waals surface area contributed by atoms with Crippen molar-refractivity contribution in [2.24, 2.45) is 5.92 Å². The highest BCUT2D eigenvalue weighted by Gasteiger charge is 2.30. The summed E-state index contributed by atoms with van der Waals surface area (Å²) in [6, 6.07) is 12.3. The van der Waals surface area contributed by atoms with Gasteiger partial charge in [0.15, 0.2) is 5.78 Å². The zero-order valence-electron chi connectivity index (χ0n) is 18.2. The van der Waals surface area contributed by atoms with Crippen LogP contribution < -0.4 is 9.57 Å². The van der Waals surface area contributed by atoms with Crippen molar-refractivity contribution >= 4 is 27.4 Å². The van der Waals surface area contributed by atoms with E-state index in [4.69, 9.17) is 16.3 Å². The number of carbonyl (C=O) groups is 1. The summed E-state index contributed by atoms with van der Waals surface area (Å²) in [6.07, 6.45) is 5.53. The lowest BCUT2D eigenvalue weighted by Gasteiger charge is -2.25. The lowest BCUT2D eigenvalue weighted by atomic mass is 10.1. The van der Waals surface area contributed by atoms with Crippen LogP contribution in [-0.2, 0) is 10.0 Å². The standard InChI is InChI=1S/C24H29ClN2O4S/c1-17-6-13-22(16-23(17)25)32(29,30)26-27-14-2-4-20(27)5-3-15-31-21-11-9-19(10-12-21)24(28)18-7-8-18/h6,9-13,16,18,20,26H,2-5,7-8,14-15H2,1H3. The van der Waals surface area contributed by atoms with E-state index in [1.807, 2.05) is 36.2 Å². The fourth-order valence-corrected chi connectivity index (χ4v) is 5.43. The van der Waals surface area contributed by atoms with Gasteiger partial charge in [0.05, 0.1) is 11.5 Å². The zero-order chi connectivity index (χ0) is 22.7. The highest BCUT2D eigenvalue weighted by atomic mass is 35.5. The van der Waals surface area contributed by atoms with Crippen LogP contribution in [0, 0.1) is 12.8 Å². The van der Waals surface area contributed by atoms with E-state index in [2.05, 4.69) is 4.83 Å². The van der Waals surface area contributed by atoms with E-state index in [0.717, 1.165) is 55.4 Å². The molecule has 1 N–H and O–H groups in total. The number of ketones is 1. The minimum Gasteiger partial charge on any atom is -0.494 e. The Morgan fingerprint density at radius 1 is 1.16 bits per heavy atom. The van der Waals surface area contributed by atoms with E-state index in [1.54, 1.807) is 12.1 Å². The van der Waals surface area contributed by atoms with Gasteiger partial charge < -0.3 is 4.74 Å². The van der Waals surface area contributed by atoms with Gasteiger partial charge >= 0.3 is 0 Å². The van der Waals surface area contributed by atoms with Gasteiger partial charge in [-0.25, -0.2) is 13.4 Å². The van der Waals surface area contributed by atoms with Crippen LogP contribution in [0.4, 0.5) is 0 Å². The number of Topliss-reactive ketones (excluding diaryl/α,β-unsaturated/α-hetero) is 1. The van der Waals surface area contributed by atoms with Crippen molar-refractivity contribution in [3.05, 3.63) is 58.6 Å². The second-order valence-corrected chi connectivity index (χ2v) is 10.7. The first-order valence-corrected chi connectivity index (χ1v) is 13.0. The summed E-state index contributed by atoms with van der Waals surface area (Å²) in [6.45, 7) is 3.06. The van der Waals surface area contributed by atoms with Crippen LogP contribution in [0.3, 0.4) is 0 Å². The number of hydrogen-bond acceptors (Lipinski definition) is 5. The Balaban J connectivity index is 1.25. The molecule has 1 heterocycles. The summed E-state index contributed by atoms with van der Waals surface area (Å²) in [5, 5.41) is 2.26. The molecule has 4 rings (SSSR count). The minimum atomic E-state index is -3.67. The fourth-order valence-electron chi connectivity index (χ4n) is 4.01. The number of hydrogen-bond donors (Lipinski definition) is 1. The summed E-state index contributed by atoms with van der Waals surface area (Å²) in [5.74, 6) is 1.20. The van der Waals surface area contributed by atoms with Crippen LogP contribution in [-0.4, -0.2) is 38.4 Å². The Morgan fingerprint density at radius 3 is 2.59 bits per heavy atom. The lowest BCUT2D eigenvalue weighted by molar-refractivity contribution is 0.0967. The number of benzene rings is 2. The summed E-state index contributed by atoms with van der Waals surface area (Å²) in [4.78, 5) is 15.0. The van der Waals surface area contributed by atoms with Crippen molar-refractivity contribution in [3.63, 3.8) is 0 Å². The number of aryl methyl sites for hydroxylation is 1. The molecule has 0 radical (unpaired) electrons. The average Bonchev–Trinajstić information content (AvgIpc) is 3.54. The van der Waals surface area contributed by atoms with E-state index >= 15 is 0 Å². The Morgan fingerprint density at radius 2 is 1.91 bits per heavy atom. The zero-order valence-corrected chi connectivity index (χ0v) is 19.8. The highest BCUT2D eigenvalue weighted by Crippen LogP contribution is 2.33. The first-order chi connectivity index (χ1) is 15.3. The smallest absolute Gasteiger partial charge is 0.253 e. The van der Waals surface area contributed by atoms with Crippen LogP contribution in [0.2, 0.25) is 5.02 Å². The van der Waals surface area contributed by atoms with Gasteiger partial charge in [0.25, 0.3) is 10.0 Å². The van der Waals surface area contributed by atoms with E-state index in [1.165, 1.54) is 6.07 Å². The topological polar surface area (TPSA) is 75.7 Å². The molecule has 0 amide bonds. The normalized spacial score (nSPS) is 19.2. The molecule has 1 saturated carbocycles. The van der Waals surface area contributed by atoms with Crippen molar-refractivity contribution in [3.8, 4) is 5.75 Å². The first-order valence-electron chi connectivity index (χ1n) is 11.2. The van der Waals surface area contributed by atoms with Crippen LogP contribution in [0.5, 0.6) is 5.75 Å². The Bertz CT molecular complexity index is 1070. The van der Waals surface area contributed by atoms with E-state index in [0.29, 0.717) is 18.2 Å². The number of halogens is 1. The highest BCUT2D eigenvalue weighted by molar-refractivity contribution is 7.89. The monoisotopic (exact) mass is 476 g/mol. The van der Waals surface area contributed by atoms with Crippen molar-refractivity contribution in [2.75, 3.05) is 13.2 Å². The lowest BCUT2D eigenvalue weighted by Crippen LogP contribution is -2.45. The van der Waals surface area contributed by atoms with Crippen LogP contribution in [0.1, 0.15) is 54.4 Å². The molecule has 8 heteroatoms. The van der Waals surface area contributed by atoms with Gasteiger partial charge in [-0.15, -0.1) is 4.83 Å². The maximum atomic E-state index is 12.8. The Labute approximate surface area is 194 Å². The number of ether oxygens (including phenoxy) is 1. The molecule has 2 aromatic carbocycles. The molecule has 2 aliphatic rings. The maximum absolute atomic E-state index is 12.8. The average molecular weight is 477 g/mol. The molecule has 6 nitrogen and oxygen atoms in total. The number of hydrazine groups is 1. The molecule has 2 fully saturated rings. The van der Waals surface area contributed by atoms with Gasteiger partial charge in [-0.3, -0.25) is 4.79 Å². The molecule has 1 aliphatic carbocycles. The quantitative estimate of drug-likeness (QED) is 0.395. The molecule has 0 bridgehead atoms. The molecular formula is C24H29ClN2O4S. The van der Waals surface area contributed by atoms with E-state index < -0.39 is 10.0 Å². The molecule has 32 heavy (non-hydrogen) atoms. The summed E-state index contributed by atoms with van der Waals surface area (Å²) in [7, 11) is -3.67. The second kappa shape index (κ2) is 9.91. The Hall–Kier alpha value is -1.93. The van der Waals surface area contributed by atoms with Gasteiger partial charge in [-0.05, 0) is 87.4 Å². The number of nitrogens with zero attached hydrogens (tertiary/aromatic N) is 1. The minimum absolute atomic E-state index is 0.132. The molecule has 0 spiro atoms. The third-order valence-corrected chi connectivity index (χ3v) is 7.86. The fraction of sp³-hybridized carbons (Fsp3) is 0.458. The molecule has 172 valence electrons. The number of rotatable bonds is 10. The van der Waals surface area contributed by atoms with Gasteiger partial charge in [-0.2, -0.15) is 0 Å². The van der Waals surface area contributed by atoms with Crippen molar-refractivity contribution in [1.29, 1.82) is 0 Å². The van der Waals surface area contributed by atoms with Crippen molar-refractivity contribution < 1.29 is 17.9 Å². The molecule has 1 saturated heterocycles. The predicted octanol–water partition coefficient (Wildman–Crippen LogP) is 4.76. The van der Waals surface area contributed by atoms with Gasteiger partial charge in [0.2, 0.25) is 0 Å². The molecule has 1 unspecified atom stereocenters. The van der Waals surface area contributed by atoms with E-state index in [9.17, 15) is 13.2 Å². The first kappa shape index (κ1) is 23.2. The number of sulfonamides is 1. The van der Waals surface area contributed by atoms with Crippen molar-refractivity contribution in [1.82, 2.24) is 9.84 Å².